The monoisotopic (exact) mass is 273 g/mol. The Morgan fingerprint density at radius 1 is 1.40 bits per heavy atom. The summed E-state index contributed by atoms with van der Waals surface area (Å²) in [4.78, 5) is 22.4. The van der Waals surface area contributed by atoms with Crippen LogP contribution in [-0.4, -0.2) is 39.9 Å². The van der Waals surface area contributed by atoms with E-state index in [4.69, 9.17) is 5.26 Å². The molecule has 20 heavy (non-hydrogen) atoms. The van der Waals surface area contributed by atoms with Gasteiger partial charge in [0.2, 0.25) is 11.9 Å². The highest BCUT2D eigenvalue weighted by Crippen LogP contribution is 2.12. The number of carbonyl (C=O) groups excluding carboxylic acids is 1. The molecule has 6 nitrogen and oxygen atoms in total. The number of nitrogens with one attached hydrogen (secondary N) is 1. The standard InChI is InChI=1S/C14H19N5O/c1-10-8-12(9-15)18-14(16-10)17-11(2)13(20)19-6-4-3-5-7-19/h8,11H,3-7H2,1-2H3,(H,16,17,18). The van der Waals surface area contributed by atoms with Crippen molar-refractivity contribution in [3.05, 3.63) is 17.5 Å². The van der Waals surface area contributed by atoms with Gasteiger partial charge >= 0.3 is 0 Å². The molecule has 1 aromatic rings. The summed E-state index contributed by atoms with van der Waals surface area (Å²) in [6.45, 7) is 5.24. The number of nitriles is 1. The van der Waals surface area contributed by atoms with Gasteiger partial charge in [-0.2, -0.15) is 5.26 Å². The molecule has 1 amide bonds. The van der Waals surface area contributed by atoms with Crippen LogP contribution in [-0.2, 0) is 4.79 Å². The second-order valence-electron chi connectivity index (χ2n) is 5.08. The molecule has 1 fully saturated rings. The molecule has 1 N–H and O–H groups in total. The Morgan fingerprint density at radius 3 is 2.75 bits per heavy atom. The van der Waals surface area contributed by atoms with Gasteiger partial charge in [0.25, 0.3) is 0 Å². The average molecular weight is 273 g/mol. The number of aryl methyl sites for hydroxylation is 1. The van der Waals surface area contributed by atoms with Gasteiger partial charge in [0.1, 0.15) is 17.8 Å². The van der Waals surface area contributed by atoms with Crippen molar-refractivity contribution >= 4 is 11.9 Å². The number of nitrogens with zero attached hydrogens (tertiary/aromatic N) is 4. The van der Waals surface area contributed by atoms with Crippen LogP contribution in [0.15, 0.2) is 6.07 Å². The maximum absolute atomic E-state index is 12.3. The molecule has 0 aliphatic carbocycles. The molecule has 0 radical (unpaired) electrons. The highest BCUT2D eigenvalue weighted by atomic mass is 16.2. The maximum atomic E-state index is 12.3. The first-order valence-corrected chi connectivity index (χ1v) is 6.91. The summed E-state index contributed by atoms with van der Waals surface area (Å²) in [6.07, 6.45) is 3.33. The van der Waals surface area contributed by atoms with Crippen LogP contribution >= 0.6 is 0 Å². The third-order valence-electron chi connectivity index (χ3n) is 3.35. The van der Waals surface area contributed by atoms with Crippen LogP contribution in [0.25, 0.3) is 0 Å². The van der Waals surface area contributed by atoms with E-state index in [2.05, 4.69) is 15.3 Å². The number of hydrogen-bond donors (Lipinski definition) is 1. The zero-order valence-corrected chi connectivity index (χ0v) is 11.9. The number of aromatic nitrogens is 2. The molecule has 0 bridgehead atoms. The van der Waals surface area contributed by atoms with E-state index in [-0.39, 0.29) is 11.9 Å². The molecular weight excluding hydrogens is 254 g/mol. The molecular formula is C14H19N5O. The minimum absolute atomic E-state index is 0.0633. The van der Waals surface area contributed by atoms with Crippen LogP contribution in [0, 0.1) is 18.3 Å². The Labute approximate surface area is 118 Å². The molecule has 0 saturated carbocycles. The van der Waals surface area contributed by atoms with Crippen molar-refractivity contribution in [1.29, 1.82) is 5.26 Å². The Bertz CT molecular complexity index is 531. The van der Waals surface area contributed by atoms with E-state index in [9.17, 15) is 4.79 Å². The van der Waals surface area contributed by atoms with E-state index < -0.39 is 0 Å². The van der Waals surface area contributed by atoms with Gasteiger partial charge < -0.3 is 10.2 Å². The molecule has 0 aromatic carbocycles. The van der Waals surface area contributed by atoms with Crippen LogP contribution in [0.1, 0.15) is 37.6 Å². The zero-order valence-electron chi connectivity index (χ0n) is 11.9. The minimum atomic E-state index is -0.388. The number of hydrogen-bond acceptors (Lipinski definition) is 5. The van der Waals surface area contributed by atoms with Gasteiger partial charge in [-0.3, -0.25) is 4.79 Å². The van der Waals surface area contributed by atoms with Crippen LogP contribution in [0.4, 0.5) is 5.95 Å². The number of carbonyl (C=O) groups is 1. The van der Waals surface area contributed by atoms with Gasteiger partial charge in [-0.15, -0.1) is 0 Å². The summed E-state index contributed by atoms with van der Waals surface area (Å²) in [7, 11) is 0. The van der Waals surface area contributed by atoms with Gasteiger partial charge in [0.15, 0.2) is 0 Å². The summed E-state index contributed by atoms with van der Waals surface area (Å²) >= 11 is 0. The second kappa shape index (κ2) is 6.33. The fraction of sp³-hybridized carbons (Fsp3) is 0.571. The van der Waals surface area contributed by atoms with E-state index in [1.807, 2.05) is 11.0 Å². The van der Waals surface area contributed by atoms with Crippen molar-refractivity contribution in [1.82, 2.24) is 14.9 Å². The third-order valence-corrected chi connectivity index (χ3v) is 3.35. The quantitative estimate of drug-likeness (QED) is 0.901. The molecule has 2 heterocycles. The Kier molecular flexibility index (Phi) is 4.51. The van der Waals surface area contributed by atoms with Crippen molar-refractivity contribution in [3.63, 3.8) is 0 Å². The van der Waals surface area contributed by atoms with Gasteiger partial charge in [-0.05, 0) is 39.2 Å². The SMILES string of the molecule is Cc1cc(C#N)nc(NC(C)C(=O)N2CCCCC2)n1. The Morgan fingerprint density at radius 2 is 2.10 bits per heavy atom. The highest BCUT2D eigenvalue weighted by Gasteiger charge is 2.22. The van der Waals surface area contributed by atoms with Gasteiger partial charge in [0.05, 0.1) is 0 Å². The maximum Gasteiger partial charge on any atom is 0.244 e. The van der Waals surface area contributed by atoms with Crippen molar-refractivity contribution < 1.29 is 4.79 Å². The van der Waals surface area contributed by atoms with Crippen molar-refractivity contribution in [2.24, 2.45) is 0 Å². The van der Waals surface area contributed by atoms with Crippen LogP contribution in [0.3, 0.4) is 0 Å². The van der Waals surface area contributed by atoms with E-state index >= 15 is 0 Å². The fourth-order valence-electron chi connectivity index (χ4n) is 2.33. The van der Waals surface area contributed by atoms with Crippen molar-refractivity contribution in [3.8, 4) is 6.07 Å². The summed E-state index contributed by atoms with van der Waals surface area (Å²) in [6, 6.07) is 3.21. The molecule has 1 aliphatic heterocycles. The molecule has 1 saturated heterocycles. The largest absolute Gasteiger partial charge is 0.343 e. The minimum Gasteiger partial charge on any atom is -0.343 e. The predicted octanol–water partition coefficient (Wildman–Crippen LogP) is 1.47. The summed E-state index contributed by atoms with van der Waals surface area (Å²) in [5.41, 5.74) is 1.01. The summed E-state index contributed by atoms with van der Waals surface area (Å²) in [5, 5.41) is 11.9. The van der Waals surface area contributed by atoms with Crippen LogP contribution < -0.4 is 5.32 Å². The lowest BCUT2D eigenvalue weighted by atomic mass is 10.1. The second-order valence-corrected chi connectivity index (χ2v) is 5.08. The molecule has 1 unspecified atom stereocenters. The molecule has 6 heteroatoms. The average Bonchev–Trinajstić information content (AvgIpc) is 2.46. The molecule has 2 rings (SSSR count). The Balaban J connectivity index is 2.03. The van der Waals surface area contributed by atoms with E-state index in [1.165, 1.54) is 6.42 Å². The normalized spacial score (nSPS) is 16.4. The van der Waals surface area contributed by atoms with Crippen molar-refractivity contribution in [2.75, 3.05) is 18.4 Å². The molecule has 1 aliphatic rings. The van der Waals surface area contributed by atoms with E-state index in [0.717, 1.165) is 25.9 Å². The topological polar surface area (TPSA) is 81.9 Å². The third kappa shape index (κ3) is 3.44. The van der Waals surface area contributed by atoms with E-state index in [1.54, 1.807) is 19.9 Å². The zero-order chi connectivity index (χ0) is 14.5. The number of likely N-dealkylation sites (tertiary alicyclic amines) is 1. The fourth-order valence-corrected chi connectivity index (χ4v) is 2.33. The van der Waals surface area contributed by atoms with Crippen LogP contribution in [0.5, 0.6) is 0 Å². The van der Waals surface area contributed by atoms with Gasteiger partial charge in [0, 0.05) is 18.8 Å². The number of piperidine rings is 1. The first-order valence-electron chi connectivity index (χ1n) is 6.91. The van der Waals surface area contributed by atoms with Gasteiger partial charge in [-0.25, -0.2) is 9.97 Å². The van der Waals surface area contributed by atoms with Crippen LogP contribution in [0.2, 0.25) is 0 Å². The van der Waals surface area contributed by atoms with Crippen molar-refractivity contribution in [2.45, 2.75) is 39.2 Å². The molecule has 1 aromatic heterocycles. The van der Waals surface area contributed by atoms with E-state index in [0.29, 0.717) is 17.3 Å². The first-order chi connectivity index (χ1) is 9.60. The summed E-state index contributed by atoms with van der Waals surface area (Å²) < 4.78 is 0. The predicted molar refractivity (Wildman–Crippen MR) is 75.0 cm³/mol. The lowest BCUT2D eigenvalue weighted by Gasteiger charge is -2.29. The molecule has 106 valence electrons. The lowest BCUT2D eigenvalue weighted by molar-refractivity contribution is -0.132. The number of amides is 1. The molecule has 1 atom stereocenters. The Hall–Kier alpha value is -2.16. The lowest BCUT2D eigenvalue weighted by Crippen LogP contribution is -2.44. The first kappa shape index (κ1) is 14.3. The highest BCUT2D eigenvalue weighted by molar-refractivity contribution is 5.83. The number of rotatable bonds is 3. The summed E-state index contributed by atoms with van der Waals surface area (Å²) in [5.74, 6) is 0.396. The van der Waals surface area contributed by atoms with Gasteiger partial charge in [-0.1, -0.05) is 0 Å². The smallest absolute Gasteiger partial charge is 0.244 e. The number of anilines is 1. The molecule has 0 spiro atoms.